The number of fused-ring (bicyclic) bond motifs is 20. The zero-order valence-corrected chi connectivity index (χ0v) is 45.2. The Labute approximate surface area is 449 Å². The van der Waals surface area contributed by atoms with E-state index >= 15 is 0 Å². The number of hydrogen-bond donors (Lipinski definition) is 2. The monoisotopic (exact) mass is 1040 g/mol. The van der Waals surface area contributed by atoms with Crippen molar-refractivity contribution >= 4 is 44.1 Å². The van der Waals surface area contributed by atoms with Gasteiger partial charge in [0.05, 0.1) is 72.3 Å². The van der Waals surface area contributed by atoms with Gasteiger partial charge in [-0.1, -0.05) is 80.1 Å². The lowest BCUT2D eigenvalue weighted by Crippen LogP contribution is -2.02. The van der Waals surface area contributed by atoms with Crippen molar-refractivity contribution < 1.29 is 33.2 Å². The van der Waals surface area contributed by atoms with E-state index in [1.807, 2.05) is 66.7 Å². The number of nitrogens with one attached hydrogen (secondary N) is 2. The Bertz CT molecular complexity index is 3530. The summed E-state index contributed by atoms with van der Waals surface area (Å²) in [5, 5.41) is 2.75. The van der Waals surface area contributed by atoms with Crippen molar-refractivity contribution in [1.82, 2.24) is 44.9 Å². The summed E-state index contributed by atoms with van der Waals surface area (Å²) in [6.45, 7) is 15.8. The van der Waals surface area contributed by atoms with E-state index in [0.717, 1.165) is 82.6 Å². The molecule has 8 bridgehead atoms. The minimum absolute atomic E-state index is 0.366. The topological polar surface area (TPSA) is 186 Å². The first-order valence-corrected chi connectivity index (χ1v) is 27.8. The summed E-state index contributed by atoms with van der Waals surface area (Å²) in [6.07, 6.45) is 14.3. The lowest BCUT2D eigenvalue weighted by Gasteiger charge is -2.14. The number of pyridine rings is 1. The normalized spacial score (nSPS) is 11.7. The quantitative estimate of drug-likeness (QED) is 0.0488. The Kier molecular flexibility index (Phi) is 16.9. The van der Waals surface area contributed by atoms with Crippen molar-refractivity contribution in [2.45, 2.75) is 119 Å². The van der Waals surface area contributed by atoms with Crippen molar-refractivity contribution in [2.24, 2.45) is 0 Å². The lowest BCUT2D eigenvalue weighted by atomic mass is 10.1. The van der Waals surface area contributed by atoms with Gasteiger partial charge in [0, 0.05) is 23.5 Å². The van der Waals surface area contributed by atoms with Gasteiger partial charge in [0.1, 0.15) is 68.6 Å². The third-order valence-corrected chi connectivity index (χ3v) is 13.4. The lowest BCUT2D eigenvalue weighted by molar-refractivity contribution is 0.303. The van der Waals surface area contributed by atoms with Crippen molar-refractivity contribution in [3.8, 4) is 91.5 Å². The molecule has 0 radical (unpaired) electrons. The Balaban J connectivity index is 1.37. The summed E-state index contributed by atoms with van der Waals surface area (Å²) in [4.78, 5) is 44.0. The highest BCUT2D eigenvalue weighted by Gasteiger charge is 2.31. The number of rotatable bonds is 26. The van der Waals surface area contributed by atoms with Crippen LogP contribution in [0.3, 0.4) is 0 Å². The van der Waals surface area contributed by atoms with Crippen LogP contribution in [-0.2, 0) is 0 Å². The summed E-state index contributed by atoms with van der Waals surface area (Å²) in [5.41, 5.74) is 4.60. The van der Waals surface area contributed by atoms with Crippen LogP contribution in [0.1, 0.15) is 119 Å². The van der Waals surface area contributed by atoms with Gasteiger partial charge in [0.25, 0.3) is 0 Å². The fourth-order valence-electron chi connectivity index (χ4n) is 9.27. The molecule has 16 nitrogen and oxygen atoms in total. The van der Waals surface area contributed by atoms with Crippen molar-refractivity contribution in [3.63, 3.8) is 0 Å². The van der Waals surface area contributed by atoms with Crippen LogP contribution in [0, 0.1) is 0 Å². The zero-order chi connectivity index (χ0) is 53.1. The highest BCUT2D eigenvalue weighted by atomic mass is 16.5. The molecule has 10 rings (SSSR count). The van der Waals surface area contributed by atoms with Gasteiger partial charge in [-0.3, -0.25) is 4.98 Å². The molecule has 0 spiro atoms. The molecule has 0 saturated heterocycles. The van der Waals surface area contributed by atoms with E-state index in [9.17, 15) is 0 Å². The summed E-state index contributed by atoms with van der Waals surface area (Å²) in [5.74, 6) is 6.47. The average molecular weight is 1040 g/mol. The number of unbranched alkanes of at least 4 members (excludes halogenated alkanes) is 6. The number of ether oxygens (including phenoxy) is 7. The smallest absolute Gasteiger partial charge is 0.168 e. The van der Waals surface area contributed by atoms with Crippen LogP contribution in [0.5, 0.6) is 46.0 Å². The third-order valence-electron chi connectivity index (χ3n) is 13.4. The molecule has 0 saturated carbocycles. The molecule has 0 atom stereocenters. The summed E-state index contributed by atoms with van der Waals surface area (Å²) >= 11 is 0. The SMILES string of the molecule is CCCCOc1ccc(OCCCC)c2c1-c1nc-2nc2[nH]c(nc3nc(nc4[nH]c(n1)c1c(OCCCC)ccc(OCCCC)c41)-c1ccc(Oc4ccncc4)cc1-3)c1c(OCCCC)ccc(OCCCC)c21. The Morgan fingerprint density at radius 1 is 0.338 bits per heavy atom. The molecule has 0 unspecified atom stereocenters. The van der Waals surface area contributed by atoms with Gasteiger partial charge in [-0.25, -0.2) is 29.9 Å². The second kappa shape index (κ2) is 24.8. The fraction of sp³-hybridized carbons (Fsp3) is 0.393. The maximum absolute atomic E-state index is 6.67. The summed E-state index contributed by atoms with van der Waals surface area (Å²) in [7, 11) is 0. The Morgan fingerprint density at radius 2 is 0.675 bits per heavy atom. The molecule has 8 aromatic rings. The molecule has 4 aromatic carbocycles. The number of H-pyrrole nitrogens is 2. The first-order chi connectivity index (χ1) is 37.9. The summed E-state index contributed by atoms with van der Waals surface area (Å²) in [6, 6.07) is 21.2. The van der Waals surface area contributed by atoms with E-state index in [2.05, 4.69) is 56.5 Å². The van der Waals surface area contributed by atoms with Crippen molar-refractivity contribution in [3.05, 3.63) is 79.1 Å². The van der Waals surface area contributed by atoms with E-state index in [4.69, 9.17) is 63.1 Å². The number of aromatic nitrogens is 9. The Hall–Kier alpha value is -8.01. The van der Waals surface area contributed by atoms with Crippen LogP contribution in [0.25, 0.3) is 89.7 Å². The van der Waals surface area contributed by atoms with Gasteiger partial charge in [-0.2, -0.15) is 0 Å². The molecule has 4 aromatic heterocycles. The van der Waals surface area contributed by atoms with Gasteiger partial charge in [0.2, 0.25) is 0 Å². The first-order valence-electron chi connectivity index (χ1n) is 27.8. The maximum Gasteiger partial charge on any atom is 0.168 e. The van der Waals surface area contributed by atoms with Crippen LogP contribution in [0.15, 0.2) is 79.1 Å². The van der Waals surface area contributed by atoms with Crippen LogP contribution in [0.2, 0.25) is 0 Å². The molecule has 6 heterocycles. The van der Waals surface area contributed by atoms with Crippen molar-refractivity contribution in [1.29, 1.82) is 0 Å². The van der Waals surface area contributed by atoms with Crippen LogP contribution >= 0.6 is 0 Å². The van der Waals surface area contributed by atoms with E-state index in [1.54, 1.807) is 12.4 Å². The number of benzene rings is 4. The predicted molar refractivity (Wildman–Crippen MR) is 303 cm³/mol. The van der Waals surface area contributed by atoms with Crippen LogP contribution in [0.4, 0.5) is 0 Å². The number of hydrogen-bond acceptors (Lipinski definition) is 14. The number of nitrogens with zero attached hydrogens (tertiary/aromatic N) is 7. The average Bonchev–Trinajstić information content (AvgIpc) is 4.36. The largest absolute Gasteiger partial charge is 0.493 e. The molecule has 77 heavy (non-hydrogen) atoms. The highest BCUT2D eigenvalue weighted by Crippen LogP contribution is 2.49. The van der Waals surface area contributed by atoms with E-state index < -0.39 is 0 Å². The van der Waals surface area contributed by atoms with E-state index in [1.165, 1.54) is 0 Å². The molecule has 16 heteroatoms. The third kappa shape index (κ3) is 11.3. The number of aromatic amines is 2. The molecule has 0 amide bonds. The second-order valence-corrected chi connectivity index (χ2v) is 19.2. The highest BCUT2D eigenvalue weighted by molar-refractivity contribution is 6.13. The minimum atomic E-state index is 0.366. The molecular formula is C61H69N9O7. The van der Waals surface area contributed by atoms with Gasteiger partial charge in [0.15, 0.2) is 23.3 Å². The van der Waals surface area contributed by atoms with Gasteiger partial charge < -0.3 is 43.1 Å². The minimum Gasteiger partial charge on any atom is -0.493 e. The zero-order valence-electron chi connectivity index (χ0n) is 45.2. The predicted octanol–water partition coefficient (Wildman–Crippen LogP) is 15.1. The fourth-order valence-corrected chi connectivity index (χ4v) is 9.27. The van der Waals surface area contributed by atoms with E-state index in [-0.39, 0.29) is 0 Å². The molecule has 2 aliphatic heterocycles. The van der Waals surface area contributed by atoms with Gasteiger partial charge in [-0.15, -0.1) is 0 Å². The van der Waals surface area contributed by atoms with Gasteiger partial charge in [-0.05, 0) is 105 Å². The second-order valence-electron chi connectivity index (χ2n) is 19.2. The molecule has 400 valence electrons. The molecular weight excluding hydrogens is 971 g/mol. The van der Waals surface area contributed by atoms with Crippen LogP contribution < -0.4 is 33.2 Å². The van der Waals surface area contributed by atoms with E-state index in [0.29, 0.717) is 170 Å². The summed E-state index contributed by atoms with van der Waals surface area (Å²) < 4.78 is 46.3. The molecule has 0 fully saturated rings. The van der Waals surface area contributed by atoms with Crippen LogP contribution in [-0.4, -0.2) is 84.5 Å². The Morgan fingerprint density at radius 3 is 1.06 bits per heavy atom. The first kappa shape index (κ1) is 52.4. The molecule has 2 N–H and O–H groups in total. The maximum atomic E-state index is 6.67. The van der Waals surface area contributed by atoms with Gasteiger partial charge >= 0.3 is 0 Å². The molecule has 0 aliphatic carbocycles. The van der Waals surface area contributed by atoms with Crippen molar-refractivity contribution in [2.75, 3.05) is 39.6 Å². The standard InChI is InChI=1S/C61H69N9O7/c1-7-13-31-71-42-21-23-44(73-33-15-9-3)50-48(42)56-64-54-40-20-19-39(77-38-27-29-62-30-28-38)37-41(40)55(63-54)65-57-49-43(72-32-14-8-2)22-24-45(74-34-16-10-4)51(49)59(67-57)69-61-53-47(76-36-18-12-6)26-25-46(75-35-17-11-5)52(53)60(70-61)68-58(50)66-56/h19-30,37H,7-18,31-36H2,1-6H3,(H2,63,64,65,66,67,68,69,70). The molecule has 2 aliphatic rings.